The minimum Gasteiger partial charge on any atom is -0.497 e. The molecule has 7 nitrogen and oxygen atoms in total. The van der Waals surface area contributed by atoms with E-state index in [1.807, 2.05) is 0 Å². The Bertz CT molecular complexity index is 958. The summed E-state index contributed by atoms with van der Waals surface area (Å²) in [5.74, 6) is -0.679. The van der Waals surface area contributed by atoms with Gasteiger partial charge in [-0.15, -0.1) is 0 Å². The molecule has 3 rings (SSSR count). The predicted octanol–water partition coefficient (Wildman–Crippen LogP) is 2.07. The molecule has 0 bridgehead atoms. The number of carbonyl (C=O) groups excluding carboxylic acids is 2. The van der Waals surface area contributed by atoms with Crippen LogP contribution in [0.2, 0.25) is 0 Å². The number of hydrogen-bond donors (Lipinski definition) is 0. The van der Waals surface area contributed by atoms with Gasteiger partial charge in [-0.2, -0.15) is 0 Å². The van der Waals surface area contributed by atoms with Gasteiger partial charge < -0.3 is 14.4 Å². The number of para-hydroxylation sites is 1. The monoisotopic (exact) mass is 403 g/mol. The summed E-state index contributed by atoms with van der Waals surface area (Å²) in [5, 5.41) is 0. The minimum absolute atomic E-state index is 0.0396. The van der Waals surface area contributed by atoms with Crippen LogP contribution in [0.5, 0.6) is 5.75 Å². The number of esters is 1. The number of anilines is 1. The molecule has 1 aliphatic rings. The van der Waals surface area contributed by atoms with E-state index in [2.05, 4.69) is 0 Å². The molecule has 2 aromatic rings. The number of carbonyl (C=O) groups is 2. The smallest absolute Gasteiger partial charge is 0.338 e. The highest BCUT2D eigenvalue weighted by Crippen LogP contribution is 2.24. The summed E-state index contributed by atoms with van der Waals surface area (Å²) in [6, 6.07) is 14.7. The Kier molecular flexibility index (Phi) is 5.99. The molecule has 0 N–H and O–H groups in total. The second kappa shape index (κ2) is 8.43. The lowest BCUT2D eigenvalue weighted by Gasteiger charge is -2.28. The van der Waals surface area contributed by atoms with E-state index in [9.17, 15) is 18.0 Å². The Hall–Kier alpha value is -2.87. The third-order valence-corrected chi connectivity index (χ3v) is 6.26. The first kappa shape index (κ1) is 19.9. The number of amides is 1. The fourth-order valence-electron chi connectivity index (χ4n) is 3.16. The van der Waals surface area contributed by atoms with E-state index in [0.29, 0.717) is 17.9 Å². The fraction of sp³-hybridized carbons (Fsp3) is 0.300. The van der Waals surface area contributed by atoms with Gasteiger partial charge in [0.05, 0.1) is 30.2 Å². The van der Waals surface area contributed by atoms with E-state index < -0.39 is 34.4 Å². The summed E-state index contributed by atoms with van der Waals surface area (Å²) in [4.78, 5) is 26.5. The van der Waals surface area contributed by atoms with E-state index in [4.69, 9.17) is 9.47 Å². The average Bonchev–Trinajstić information content (AvgIpc) is 3.06. The number of ether oxygens (including phenoxy) is 2. The lowest BCUT2D eigenvalue weighted by molar-refractivity contribution is -0.122. The van der Waals surface area contributed by atoms with Crippen molar-refractivity contribution < 1.29 is 27.5 Å². The number of rotatable bonds is 6. The predicted molar refractivity (Wildman–Crippen MR) is 104 cm³/mol. The van der Waals surface area contributed by atoms with E-state index in [-0.39, 0.29) is 17.1 Å². The molecule has 148 valence electrons. The van der Waals surface area contributed by atoms with Crippen molar-refractivity contribution in [2.45, 2.75) is 12.5 Å². The first-order chi connectivity index (χ1) is 13.4. The van der Waals surface area contributed by atoms with Crippen LogP contribution in [0.15, 0.2) is 54.6 Å². The normalized spacial score (nSPS) is 17.7. The van der Waals surface area contributed by atoms with Gasteiger partial charge in [0.2, 0.25) is 0 Å². The highest BCUT2D eigenvalue weighted by molar-refractivity contribution is 7.91. The second-order valence-electron chi connectivity index (χ2n) is 6.46. The zero-order chi connectivity index (χ0) is 20.1. The Morgan fingerprint density at radius 1 is 1.11 bits per heavy atom. The lowest BCUT2D eigenvalue weighted by atomic mass is 10.2. The Morgan fingerprint density at radius 3 is 2.50 bits per heavy atom. The number of methoxy groups -OCH3 is 1. The van der Waals surface area contributed by atoms with Gasteiger partial charge in [0.25, 0.3) is 5.91 Å². The number of sulfone groups is 1. The van der Waals surface area contributed by atoms with Gasteiger partial charge in [-0.1, -0.05) is 24.3 Å². The quantitative estimate of drug-likeness (QED) is 0.686. The summed E-state index contributed by atoms with van der Waals surface area (Å²) in [7, 11) is -1.69. The van der Waals surface area contributed by atoms with Crippen molar-refractivity contribution in [1.29, 1.82) is 0 Å². The number of nitrogens with zero attached hydrogens (tertiary/aromatic N) is 1. The van der Waals surface area contributed by atoms with E-state index in [1.54, 1.807) is 48.5 Å². The lowest BCUT2D eigenvalue weighted by Crippen LogP contribution is -2.43. The molecule has 8 heteroatoms. The van der Waals surface area contributed by atoms with E-state index in [1.165, 1.54) is 18.1 Å². The molecule has 0 unspecified atom stereocenters. The molecular weight excluding hydrogens is 382 g/mol. The molecule has 0 aliphatic carbocycles. The van der Waals surface area contributed by atoms with Crippen LogP contribution in [0.4, 0.5) is 5.69 Å². The Morgan fingerprint density at radius 2 is 1.86 bits per heavy atom. The maximum atomic E-state index is 12.8. The highest BCUT2D eigenvalue weighted by Gasteiger charge is 2.35. The maximum absolute atomic E-state index is 12.8. The summed E-state index contributed by atoms with van der Waals surface area (Å²) >= 11 is 0. The highest BCUT2D eigenvalue weighted by atomic mass is 32.2. The maximum Gasteiger partial charge on any atom is 0.338 e. The molecule has 0 spiro atoms. The molecule has 28 heavy (non-hydrogen) atoms. The fourth-order valence-corrected chi connectivity index (χ4v) is 4.86. The zero-order valence-electron chi connectivity index (χ0n) is 15.4. The molecule has 0 saturated carbocycles. The number of benzene rings is 2. The molecule has 1 amide bonds. The van der Waals surface area contributed by atoms with Crippen molar-refractivity contribution in [3.05, 3.63) is 60.2 Å². The van der Waals surface area contributed by atoms with Crippen LogP contribution in [0.3, 0.4) is 0 Å². The van der Waals surface area contributed by atoms with E-state index >= 15 is 0 Å². The minimum atomic E-state index is -3.18. The van der Waals surface area contributed by atoms with Crippen LogP contribution in [0.25, 0.3) is 0 Å². The van der Waals surface area contributed by atoms with Gasteiger partial charge in [0.15, 0.2) is 16.4 Å². The molecule has 1 saturated heterocycles. The van der Waals surface area contributed by atoms with Gasteiger partial charge in [0, 0.05) is 5.69 Å². The molecule has 0 aromatic heterocycles. The average molecular weight is 403 g/mol. The topological polar surface area (TPSA) is 90.0 Å². The second-order valence-corrected chi connectivity index (χ2v) is 8.69. The summed E-state index contributed by atoms with van der Waals surface area (Å²) in [6.45, 7) is -0.485. The first-order valence-electron chi connectivity index (χ1n) is 8.78. The third-order valence-electron chi connectivity index (χ3n) is 4.51. The van der Waals surface area contributed by atoms with Gasteiger partial charge in [-0.3, -0.25) is 4.79 Å². The van der Waals surface area contributed by atoms with Gasteiger partial charge in [-0.25, -0.2) is 13.2 Å². The molecule has 1 fully saturated rings. The summed E-state index contributed by atoms with van der Waals surface area (Å²) in [6.07, 6.45) is 0.354. The van der Waals surface area contributed by atoms with Crippen LogP contribution >= 0.6 is 0 Å². The molecule has 1 heterocycles. The molecule has 2 aromatic carbocycles. The van der Waals surface area contributed by atoms with Crippen LogP contribution < -0.4 is 9.64 Å². The SMILES string of the molecule is COc1cccc(C(=O)OCC(=O)N(c2ccccc2)[C@H]2CCS(=O)(=O)C2)c1. The zero-order valence-corrected chi connectivity index (χ0v) is 16.2. The van der Waals surface area contributed by atoms with Crippen molar-refractivity contribution in [2.75, 3.05) is 30.1 Å². The van der Waals surface area contributed by atoms with E-state index in [0.717, 1.165) is 0 Å². The summed E-state index contributed by atoms with van der Waals surface area (Å²) in [5.41, 5.74) is 0.842. The molecule has 0 radical (unpaired) electrons. The Balaban J connectivity index is 1.73. The summed E-state index contributed by atoms with van der Waals surface area (Å²) < 4.78 is 34.0. The van der Waals surface area contributed by atoms with Crippen LogP contribution in [0, 0.1) is 0 Å². The molecule has 1 aliphatic heterocycles. The standard InChI is InChI=1S/C20H21NO6S/c1-26-18-9-5-6-15(12-18)20(23)27-13-19(22)21(16-7-3-2-4-8-16)17-10-11-28(24,25)14-17/h2-9,12,17H,10-11,13-14H2,1H3/t17-/m0/s1. The Labute approximate surface area is 163 Å². The van der Waals surface area contributed by atoms with Crippen LogP contribution in [-0.2, 0) is 19.4 Å². The van der Waals surface area contributed by atoms with Gasteiger partial charge >= 0.3 is 5.97 Å². The van der Waals surface area contributed by atoms with Crippen molar-refractivity contribution >= 4 is 27.4 Å². The van der Waals surface area contributed by atoms with Crippen molar-refractivity contribution in [3.63, 3.8) is 0 Å². The third kappa shape index (κ3) is 4.69. The van der Waals surface area contributed by atoms with Crippen molar-refractivity contribution in [1.82, 2.24) is 0 Å². The van der Waals surface area contributed by atoms with Gasteiger partial charge in [0.1, 0.15) is 5.75 Å². The van der Waals surface area contributed by atoms with Crippen molar-refractivity contribution in [2.24, 2.45) is 0 Å². The first-order valence-corrected chi connectivity index (χ1v) is 10.6. The van der Waals surface area contributed by atoms with Crippen molar-refractivity contribution in [3.8, 4) is 5.75 Å². The van der Waals surface area contributed by atoms with Crippen LogP contribution in [0.1, 0.15) is 16.8 Å². The van der Waals surface area contributed by atoms with Gasteiger partial charge in [-0.05, 0) is 36.8 Å². The largest absolute Gasteiger partial charge is 0.497 e. The number of hydrogen-bond acceptors (Lipinski definition) is 6. The molecular formula is C20H21NO6S. The van der Waals surface area contributed by atoms with Crippen LogP contribution in [-0.4, -0.2) is 51.6 Å². The molecule has 1 atom stereocenters.